The fourth-order valence-electron chi connectivity index (χ4n) is 4.36. The lowest BCUT2D eigenvalue weighted by Crippen LogP contribution is -2.49. The number of likely N-dealkylation sites (tertiary alicyclic amines) is 1. The van der Waals surface area contributed by atoms with Crippen molar-refractivity contribution in [3.8, 4) is 11.1 Å². The van der Waals surface area contributed by atoms with Crippen LogP contribution in [0.1, 0.15) is 55.3 Å². The van der Waals surface area contributed by atoms with E-state index in [0.717, 1.165) is 36.8 Å². The summed E-state index contributed by atoms with van der Waals surface area (Å²) in [5.74, 6) is -0.0480. The van der Waals surface area contributed by atoms with Gasteiger partial charge in [-0.3, -0.25) is 14.6 Å². The van der Waals surface area contributed by atoms with E-state index in [0.29, 0.717) is 12.1 Å². The van der Waals surface area contributed by atoms with E-state index in [1.54, 1.807) is 17.3 Å². The number of benzene rings is 1. The summed E-state index contributed by atoms with van der Waals surface area (Å²) in [4.78, 5) is 31.9. The van der Waals surface area contributed by atoms with Crippen LogP contribution >= 0.6 is 0 Å². The van der Waals surface area contributed by atoms with Crippen LogP contribution in [0.5, 0.6) is 0 Å². The van der Waals surface area contributed by atoms with Crippen molar-refractivity contribution in [2.24, 2.45) is 0 Å². The van der Waals surface area contributed by atoms with E-state index in [4.69, 9.17) is 0 Å². The Bertz CT molecular complexity index is 831. The fraction of sp³-hybridized carbons (Fsp3) is 0.435. The van der Waals surface area contributed by atoms with Crippen LogP contribution in [0, 0.1) is 0 Å². The third kappa shape index (κ3) is 4.08. The molecule has 4 rings (SSSR count). The molecule has 2 amide bonds. The Morgan fingerprint density at radius 3 is 2.57 bits per heavy atom. The number of nitrogens with one attached hydrogen (secondary N) is 1. The molecule has 1 unspecified atom stereocenters. The van der Waals surface area contributed by atoms with Crippen LogP contribution in [-0.2, 0) is 4.79 Å². The van der Waals surface area contributed by atoms with Gasteiger partial charge in [0.25, 0.3) is 5.91 Å². The molecule has 2 aliphatic rings. The first-order valence-corrected chi connectivity index (χ1v) is 10.3. The van der Waals surface area contributed by atoms with Crippen LogP contribution in [0.25, 0.3) is 11.1 Å². The van der Waals surface area contributed by atoms with Gasteiger partial charge in [-0.1, -0.05) is 37.5 Å². The second-order valence-electron chi connectivity index (χ2n) is 7.82. The van der Waals surface area contributed by atoms with Gasteiger partial charge in [-0.25, -0.2) is 0 Å². The van der Waals surface area contributed by atoms with Crippen LogP contribution in [0.3, 0.4) is 0 Å². The molecule has 1 atom stereocenters. The predicted octanol–water partition coefficient (Wildman–Crippen LogP) is 3.80. The van der Waals surface area contributed by atoms with Crippen molar-refractivity contribution in [2.45, 2.75) is 57.0 Å². The van der Waals surface area contributed by atoms with Crippen molar-refractivity contribution in [1.82, 2.24) is 15.2 Å². The molecule has 1 saturated heterocycles. The summed E-state index contributed by atoms with van der Waals surface area (Å²) in [6.07, 6.45) is 10.9. The highest BCUT2D eigenvalue weighted by Crippen LogP contribution is 2.25. The Balaban J connectivity index is 1.48. The Hall–Kier alpha value is -2.69. The van der Waals surface area contributed by atoms with E-state index < -0.39 is 0 Å². The number of amides is 2. The number of aromatic nitrogens is 1. The molecule has 1 aliphatic heterocycles. The molecule has 2 fully saturated rings. The highest BCUT2D eigenvalue weighted by atomic mass is 16.2. The highest BCUT2D eigenvalue weighted by molar-refractivity contribution is 5.98. The second kappa shape index (κ2) is 8.55. The zero-order valence-corrected chi connectivity index (χ0v) is 16.1. The van der Waals surface area contributed by atoms with E-state index in [-0.39, 0.29) is 23.9 Å². The molecule has 1 aliphatic carbocycles. The van der Waals surface area contributed by atoms with E-state index in [2.05, 4.69) is 10.3 Å². The largest absolute Gasteiger partial charge is 0.352 e. The quantitative estimate of drug-likeness (QED) is 0.881. The number of hydrogen-bond donors (Lipinski definition) is 1. The molecule has 1 N–H and O–H groups in total. The summed E-state index contributed by atoms with van der Waals surface area (Å²) < 4.78 is 0. The third-order valence-corrected chi connectivity index (χ3v) is 5.87. The Morgan fingerprint density at radius 2 is 1.79 bits per heavy atom. The molecule has 0 spiro atoms. The van der Waals surface area contributed by atoms with Gasteiger partial charge in [-0.15, -0.1) is 0 Å². The summed E-state index contributed by atoms with van der Waals surface area (Å²) in [5, 5.41) is 3.19. The number of pyridine rings is 1. The topological polar surface area (TPSA) is 62.3 Å². The monoisotopic (exact) mass is 377 g/mol. The molecular weight excluding hydrogens is 350 g/mol. The molecule has 5 nitrogen and oxygen atoms in total. The van der Waals surface area contributed by atoms with E-state index in [1.165, 1.54) is 19.3 Å². The molecule has 1 saturated carbocycles. The van der Waals surface area contributed by atoms with Crippen molar-refractivity contribution < 1.29 is 9.59 Å². The number of carbonyl (C=O) groups excluding carboxylic acids is 2. The van der Waals surface area contributed by atoms with Gasteiger partial charge < -0.3 is 10.2 Å². The standard InChI is InChI=1S/C23H27N3O2/c27-22(25-20-10-2-1-3-11-20)21-12-6-14-26(21)23(28)18-8-4-7-17(15-18)19-9-5-13-24-16-19/h4-5,7-9,13,15-16,20-21H,1-3,6,10-12,14H2,(H,25,27). The molecule has 146 valence electrons. The van der Waals surface area contributed by atoms with Gasteiger partial charge in [0, 0.05) is 36.1 Å². The van der Waals surface area contributed by atoms with E-state index >= 15 is 0 Å². The van der Waals surface area contributed by atoms with Crippen molar-refractivity contribution in [3.63, 3.8) is 0 Å². The normalized spacial score (nSPS) is 20.1. The van der Waals surface area contributed by atoms with Gasteiger partial charge in [-0.2, -0.15) is 0 Å². The zero-order chi connectivity index (χ0) is 19.3. The molecule has 0 radical (unpaired) electrons. The number of hydrogen-bond acceptors (Lipinski definition) is 3. The fourth-order valence-corrected chi connectivity index (χ4v) is 4.36. The van der Waals surface area contributed by atoms with Crippen molar-refractivity contribution in [3.05, 3.63) is 54.4 Å². The molecule has 1 aromatic heterocycles. The summed E-state index contributed by atoms with van der Waals surface area (Å²) in [7, 11) is 0. The van der Waals surface area contributed by atoms with Crippen LogP contribution < -0.4 is 5.32 Å². The van der Waals surface area contributed by atoms with Gasteiger partial charge in [0.1, 0.15) is 6.04 Å². The van der Waals surface area contributed by atoms with Crippen LogP contribution in [0.15, 0.2) is 48.8 Å². The summed E-state index contributed by atoms with van der Waals surface area (Å²) in [5.41, 5.74) is 2.56. The maximum Gasteiger partial charge on any atom is 0.254 e. The van der Waals surface area contributed by atoms with Gasteiger partial charge >= 0.3 is 0 Å². The Morgan fingerprint density at radius 1 is 0.964 bits per heavy atom. The second-order valence-corrected chi connectivity index (χ2v) is 7.82. The number of rotatable bonds is 4. The minimum Gasteiger partial charge on any atom is -0.352 e. The third-order valence-electron chi connectivity index (χ3n) is 5.87. The Kier molecular flexibility index (Phi) is 5.70. The molecule has 28 heavy (non-hydrogen) atoms. The summed E-state index contributed by atoms with van der Waals surface area (Å²) in [6, 6.07) is 11.4. The zero-order valence-electron chi connectivity index (χ0n) is 16.1. The smallest absolute Gasteiger partial charge is 0.254 e. The number of carbonyl (C=O) groups is 2. The summed E-state index contributed by atoms with van der Waals surface area (Å²) in [6.45, 7) is 0.638. The van der Waals surface area contributed by atoms with Crippen LogP contribution in [0.4, 0.5) is 0 Å². The summed E-state index contributed by atoms with van der Waals surface area (Å²) >= 11 is 0. The van der Waals surface area contributed by atoms with Crippen LogP contribution in [0.2, 0.25) is 0 Å². The molecule has 1 aromatic carbocycles. The lowest BCUT2D eigenvalue weighted by molar-refractivity contribution is -0.125. The SMILES string of the molecule is O=C(NC1CCCCC1)C1CCCN1C(=O)c1cccc(-c2cccnc2)c1. The molecule has 2 heterocycles. The molecular formula is C23H27N3O2. The molecule has 5 heteroatoms. The first-order valence-electron chi connectivity index (χ1n) is 10.3. The first-order chi connectivity index (χ1) is 13.7. The average molecular weight is 377 g/mol. The highest BCUT2D eigenvalue weighted by Gasteiger charge is 2.35. The predicted molar refractivity (Wildman–Crippen MR) is 109 cm³/mol. The lowest BCUT2D eigenvalue weighted by atomic mass is 9.95. The molecule has 2 aromatic rings. The van der Waals surface area contributed by atoms with Crippen molar-refractivity contribution >= 4 is 11.8 Å². The van der Waals surface area contributed by atoms with Crippen molar-refractivity contribution in [1.29, 1.82) is 0 Å². The van der Waals surface area contributed by atoms with Gasteiger partial charge in [0.15, 0.2) is 0 Å². The number of nitrogens with zero attached hydrogens (tertiary/aromatic N) is 2. The van der Waals surface area contributed by atoms with Gasteiger partial charge in [0.05, 0.1) is 0 Å². The van der Waals surface area contributed by atoms with E-state index in [9.17, 15) is 9.59 Å². The van der Waals surface area contributed by atoms with E-state index in [1.807, 2.05) is 36.4 Å². The maximum atomic E-state index is 13.2. The Labute approximate surface area is 166 Å². The van der Waals surface area contributed by atoms with Crippen molar-refractivity contribution in [2.75, 3.05) is 6.54 Å². The van der Waals surface area contributed by atoms with Crippen LogP contribution in [-0.4, -0.2) is 40.3 Å². The minimum atomic E-state index is -0.350. The first kappa shape index (κ1) is 18.7. The maximum absolute atomic E-state index is 13.2. The minimum absolute atomic E-state index is 0.0150. The average Bonchev–Trinajstić information content (AvgIpc) is 3.25. The lowest BCUT2D eigenvalue weighted by Gasteiger charge is -2.28. The van der Waals surface area contributed by atoms with Gasteiger partial charge in [-0.05, 0) is 49.4 Å². The molecule has 0 bridgehead atoms. The van der Waals surface area contributed by atoms with Gasteiger partial charge in [0.2, 0.25) is 5.91 Å².